The van der Waals surface area contributed by atoms with Gasteiger partial charge in [0.1, 0.15) is 15.7 Å². The van der Waals surface area contributed by atoms with Crippen LogP contribution in [0.25, 0.3) is 0 Å². The highest BCUT2D eigenvalue weighted by molar-refractivity contribution is 6.42. The molecule has 44 heavy (non-hydrogen) atoms. The first kappa shape index (κ1) is 34.4. The minimum Gasteiger partial charge on any atom is -0.469 e. The van der Waals surface area contributed by atoms with Gasteiger partial charge >= 0.3 is 12.1 Å². The lowest BCUT2D eigenvalue weighted by Crippen LogP contribution is -2.61. The molecular weight excluding hydrogens is 558 g/mol. The number of hydrogen-bond donors (Lipinski definition) is 0. The molecule has 1 heterocycles. The normalized spacial score (nSPS) is 18.1. The number of halogens is 3. The zero-order valence-corrected chi connectivity index (χ0v) is 25.3. The molecule has 1 aliphatic carbocycles. The Morgan fingerprint density at radius 1 is 0.909 bits per heavy atom. The molecule has 218 valence electrons. The largest absolute Gasteiger partial charge is 0.469 e. The number of benzene rings is 2. The van der Waals surface area contributed by atoms with E-state index in [2.05, 4.69) is 5.16 Å². The zero-order chi connectivity index (χ0) is 32.7. The molecule has 1 saturated heterocycles. The van der Waals surface area contributed by atoms with Gasteiger partial charge in [-0.05, 0) is 59.3 Å². The third-order valence-corrected chi connectivity index (χ3v) is 8.58. The highest BCUT2D eigenvalue weighted by atomic mass is 19.4. The predicted octanol–water partition coefficient (Wildman–Crippen LogP) is 3.70. The van der Waals surface area contributed by atoms with Crippen molar-refractivity contribution in [2.75, 3.05) is 20.2 Å². The third kappa shape index (κ3) is 7.32. The van der Waals surface area contributed by atoms with Crippen molar-refractivity contribution in [3.63, 3.8) is 0 Å². The summed E-state index contributed by atoms with van der Waals surface area (Å²) in [6.07, 6.45) is -0.395. The first-order valence-electron chi connectivity index (χ1n) is 14.5. The fourth-order valence-electron chi connectivity index (χ4n) is 5.89. The van der Waals surface area contributed by atoms with Gasteiger partial charge in [0.15, 0.2) is 0 Å². The molecule has 12 radical (unpaired) electrons. The number of carbonyl (C=O) groups excluding carboxylic acids is 1. The molecule has 2 fully saturated rings. The molecule has 0 unspecified atom stereocenters. The van der Waals surface area contributed by atoms with Crippen LogP contribution in [0.1, 0.15) is 85.3 Å². The lowest BCUT2D eigenvalue weighted by Gasteiger charge is -2.51. The fraction of sp³-hybridized carbons (Fsp3) is 0.533. The van der Waals surface area contributed by atoms with E-state index in [0.29, 0.717) is 29.5 Å². The van der Waals surface area contributed by atoms with Crippen LogP contribution < -0.4 is 0 Å². The van der Waals surface area contributed by atoms with Gasteiger partial charge in [0.25, 0.3) is 0 Å². The van der Waals surface area contributed by atoms with Gasteiger partial charge in [-0.1, -0.05) is 72.5 Å². The fourth-order valence-corrected chi connectivity index (χ4v) is 5.89. The molecule has 2 aromatic rings. The Morgan fingerprint density at radius 3 is 2.11 bits per heavy atom. The molecule has 0 amide bonds. The summed E-state index contributed by atoms with van der Waals surface area (Å²) in [4.78, 5) is 19.0. The number of rotatable bonds is 9. The standard InChI is InChI=1S/C30H31B6F3N2O3/c1-17(19-9-12-23(25(13-19)27(2,31)32)28(33,34)41-15-20(16-41)26(42)43-3)40-44-29(35,36)21-10-11-22(18-7-5-4-6-8-18)24(14-21)30(37,38)39/h9-14,18,20H,4-8,15-16H2,1-3H3/b40-17+. The van der Waals surface area contributed by atoms with E-state index in [4.69, 9.17) is 56.7 Å². The van der Waals surface area contributed by atoms with E-state index in [1.165, 1.54) is 19.2 Å². The van der Waals surface area contributed by atoms with Gasteiger partial charge in [0.05, 0.1) is 61.1 Å². The van der Waals surface area contributed by atoms with Crippen LogP contribution >= 0.6 is 0 Å². The van der Waals surface area contributed by atoms with Gasteiger partial charge < -0.3 is 14.5 Å². The second-order valence-corrected chi connectivity index (χ2v) is 12.2. The molecule has 0 aromatic heterocycles. The number of ether oxygens (including phenoxy) is 1. The smallest absolute Gasteiger partial charge is 0.416 e. The van der Waals surface area contributed by atoms with Crippen LogP contribution in [-0.4, -0.2) is 83.9 Å². The molecular formula is C30H31B6F3N2O3. The van der Waals surface area contributed by atoms with Crippen LogP contribution in [0.4, 0.5) is 13.2 Å². The Morgan fingerprint density at radius 2 is 1.55 bits per heavy atom. The van der Waals surface area contributed by atoms with Crippen molar-refractivity contribution in [1.82, 2.24) is 4.90 Å². The summed E-state index contributed by atoms with van der Waals surface area (Å²) in [5.74, 6) is -0.886. The number of esters is 1. The Hall–Kier alpha value is -2.48. The zero-order valence-electron chi connectivity index (χ0n) is 25.3. The number of hydrogen-bond acceptors (Lipinski definition) is 5. The Bertz CT molecular complexity index is 1400. The minimum absolute atomic E-state index is 0.0793. The average Bonchev–Trinajstić information content (AvgIpc) is 2.93. The first-order chi connectivity index (χ1) is 20.4. The molecule has 14 heteroatoms. The quantitative estimate of drug-likeness (QED) is 0.194. The number of carbonyl (C=O) groups is 1. The Labute approximate surface area is 265 Å². The van der Waals surface area contributed by atoms with Crippen molar-refractivity contribution in [3.05, 3.63) is 69.8 Å². The first-order valence-corrected chi connectivity index (χ1v) is 14.5. The van der Waals surface area contributed by atoms with Crippen molar-refractivity contribution in [2.24, 2.45) is 11.1 Å². The number of likely N-dealkylation sites (tertiary alicyclic amines) is 1. The molecule has 0 atom stereocenters. The minimum atomic E-state index is -4.59. The SMILES string of the molecule is [B]C([B])(C)c1cc(/C(C)=N/OC([B])([B])c2ccc(C3CCCCC3)c(C(F)(F)F)c2)ccc1C([B])([B])N1CC(C(=O)OC)C1. The lowest BCUT2D eigenvalue weighted by atomic mass is 9.47. The maximum atomic E-state index is 14.1. The van der Waals surface area contributed by atoms with Gasteiger partial charge in [-0.25, -0.2) is 0 Å². The van der Waals surface area contributed by atoms with Crippen molar-refractivity contribution >= 4 is 58.8 Å². The van der Waals surface area contributed by atoms with E-state index in [9.17, 15) is 18.0 Å². The summed E-state index contributed by atoms with van der Waals surface area (Å²) >= 11 is 0. The summed E-state index contributed by atoms with van der Waals surface area (Å²) in [5.41, 5.74) is 0.995. The third-order valence-electron chi connectivity index (χ3n) is 8.58. The lowest BCUT2D eigenvalue weighted by molar-refractivity contribution is -0.152. The highest BCUT2D eigenvalue weighted by Crippen LogP contribution is 2.42. The van der Waals surface area contributed by atoms with E-state index >= 15 is 0 Å². The summed E-state index contributed by atoms with van der Waals surface area (Å²) in [5, 5.41) is -1.02. The highest BCUT2D eigenvalue weighted by Gasteiger charge is 2.43. The molecule has 0 bridgehead atoms. The predicted molar refractivity (Wildman–Crippen MR) is 169 cm³/mol. The molecule has 2 aliphatic rings. The topological polar surface area (TPSA) is 51.1 Å². The van der Waals surface area contributed by atoms with Gasteiger partial charge in [-0.3, -0.25) is 4.79 Å². The molecule has 4 rings (SSSR count). The van der Waals surface area contributed by atoms with Crippen molar-refractivity contribution < 1.29 is 27.5 Å². The molecule has 1 saturated carbocycles. The maximum absolute atomic E-state index is 14.1. The molecule has 0 N–H and O–H groups in total. The second kappa shape index (κ2) is 12.7. The maximum Gasteiger partial charge on any atom is 0.416 e. The summed E-state index contributed by atoms with van der Waals surface area (Å²) in [6, 6.07) is 8.78. The van der Waals surface area contributed by atoms with Crippen LogP contribution in [0.5, 0.6) is 0 Å². The van der Waals surface area contributed by atoms with Crippen LogP contribution in [0, 0.1) is 5.92 Å². The van der Waals surface area contributed by atoms with Gasteiger partial charge in [0, 0.05) is 13.1 Å². The number of oxime groups is 1. The van der Waals surface area contributed by atoms with E-state index < -0.39 is 27.7 Å². The van der Waals surface area contributed by atoms with E-state index in [-0.39, 0.29) is 47.7 Å². The van der Waals surface area contributed by atoms with Gasteiger partial charge in [-0.15, -0.1) is 0 Å². The van der Waals surface area contributed by atoms with Gasteiger partial charge in [-0.2, -0.15) is 13.2 Å². The molecule has 1 aliphatic heterocycles. The Kier molecular flexibility index (Phi) is 9.95. The Balaban J connectivity index is 1.59. The van der Waals surface area contributed by atoms with E-state index in [0.717, 1.165) is 25.3 Å². The number of nitrogens with zero attached hydrogens (tertiary/aromatic N) is 2. The van der Waals surface area contributed by atoms with E-state index in [1.807, 2.05) is 0 Å². The van der Waals surface area contributed by atoms with Crippen LogP contribution in [0.15, 0.2) is 41.6 Å². The number of methoxy groups -OCH3 is 1. The van der Waals surface area contributed by atoms with E-state index in [1.54, 1.807) is 36.9 Å². The molecule has 0 spiro atoms. The van der Waals surface area contributed by atoms with Crippen molar-refractivity contribution in [2.45, 2.75) is 74.0 Å². The van der Waals surface area contributed by atoms with Crippen molar-refractivity contribution in [3.8, 4) is 0 Å². The van der Waals surface area contributed by atoms with Crippen LogP contribution in [0.2, 0.25) is 0 Å². The monoisotopic (exact) mass is 590 g/mol. The van der Waals surface area contributed by atoms with Crippen LogP contribution in [0.3, 0.4) is 0 Å². The second-order valence-electron chi connectivity index (χ2n) is 12.2. The average molecular weight is 589 g/mol. The molecule has 2 aromatic carbocycles. The summed E-state index contributed by atoms with van der Waals surface area (Å²) < 4.78 is 47.1. The summed E-state index contributed by atoms with van der Waals surface area (Å²) in [7, 11) is 39.2. The van der Waals surface area contributed by atoms with Crippen LogP contribution in [-0.2, 0) is 36.5 Å². The molecule has 5 nitrogen and oxygen atoms in total. The van der Waals surface area contributed by atoms with Gasteiger partial charge in [0.2, 0.25) is 0 Å². The number of alkyl halides is 3. The van der Waals surface area contributed by atoms with Crippen molar-refractivity contribution in [1.29, 1.82) is 0 Å². The summed E-state index contributed by atoms with van der Waals surface area (Å²) in [6.45, 7) is 3.74.